The van der Waals surface area contributed by atoms with E-state index in [1.165, 1.54) is 5.56 Å². The van der Waals surface area contributed by atoms with E-state index in [1.807, 2.05) is 6.20 Å². The van der Waals surface area contributed by atoms with Crippen LogP contribution in [0.25, 0.3) is 21.8 Å². The zero-order chi connectivity index (χ0) is 12.1. The molecular formula is C13H12N4O. The Hall–Kier alpha value is -2.30. The number of aromatic nitrogens is 3. The summed E-state index contributed by atoms with van der Waals surface area (Å²) in [4.78, 5) is 4.62. The molecule has 0 radical (unpaired) electrons. The van der Waals surface area contributed by atoms with Crippen molar-refractivity contribution in [2.24, 2.45) is 5.16 Å². The number of aryl methyl sites for hydroxylation is 1. The minimum atomic E-state index is 0.711. The lowest BCUT2D eigenvalue weighted by molar-refractivity contribution is 0.317. The van der Waals surface area contributed by atoms with Crippen LogP contribution < -0.4 is 0 Å². The summed E-state index contributed by atoms with van der Waals surface area (Å²) in [5, 5.41) is 20.8. The Morgan fingerprint density at radius 3 is 3.11 bits per heavy atom. The first-order valence-electron chi connectivity index (χ1n) is 6.06. The minimum absolute atomic E-state index is 0.711. The molecule has 5 nitrogen and oxygen atoms in total. The number of hydrogen-bond acceptors (Lipinski definition) is 3. The molecule has 0 spiro atoms. The number of fused-ring (bicyclic) bond motifs is 4. The molecule has 1 aromatic carbocycles. The quantitative estimate of drug-likeness (QED) is 0.417. The number of aromatic amines is 2. The lowest BCUT2D eigenvalue weighted by Gasteiger charge is -2.11. The second-order valence-electron chi connectivity index (χ2n) is 4.71. The Labute approximate surface area is 102 Å². The van der Waals surface area contributed by atoms with Crippen molar-refractivity contribution in [3.05, 3.63) is 29.6 Å². The number of H-pyrrole nitrogens is 2. The molecule has 90 valence electrons. The lowest BCUT2D eigenvalue weighted by atomic mass is 9.94. The Kier molecular flexibility index (Phi) is 1.81. The second-order valence-corrected chi connectivity index (χ2v) is 4.71. The third-order valence-electron chi connectivity index (χ3n) is 3.68. The van der Waals surface area contributed by atoms with E-state index < -0.39 is 0 Å². The number of nitrogens with zero attached hydrogens (tertiary/aromatic N) is 2. The molecule has 0 bridgehead atoms. The SMILES string of the molecule is O/N=C1\CCCc2c1nc1cc3c[nH][nH]c3cc21. The van der Waals surface area contributed by atoms with Crippen LogP contribution in [0, 0.1) is 0 Å². The number of oxime groups is 1. The summed E-state index contributed by atoms with van der Waals surface area (Å²) < 4.78 is 0. The predicted molar refractivity (Wildman–Crippen MR) is 69.2 cm³/mol. The first-order chi connectivity index (χ1) is 8.86. The molecule has 2 aromatic heterocycles. The summed E-state index contributed by atoms with van der Waals surface area (Å²) in [6.45, 7) is 0. The summed E-state index contributed by atoms with van der Waals surface area (Å²) in [7, 11) is 0. The summed E-state index contributed by atoms with van der Waals surface area (Å²) in [5.41, 5.74) is 4.84. The molecule has 0 saturated carbocycles. The average molecular weight is 240 g/mol. The van der Waals surface area contributed by atoms with Crippen LogP contribution in [-0.2, 0) is 6.42 Å². The maximum absolute atomic E-state index is 9.05. The standard InChI is InChI=1S/C13H12N4O/c18-17-10-3-1-2-8-9-5-11-7(6-14-16-11)4-12(9)15-13(8)10/h4-6,14,16,18H,1-3H2/b17-10+. The first kappa shape index (κ1) is 9.70. The normalized spacial score (nSPS) is 17.7. The van der Waals surface area contributed by atoms with Gasteiger partial charge in [0.1, 0.15) is 5.71 Å². The molecule has 0 atom stereocenters. The lowest BCUT2D eigenvalue weighted by Crippen LogP contribution is -2.10. The third-order valence-corrected chi connectivity index (χ3v) is 3.68. The number of benzene rings is 1. The second kappa shape index (κ2) is 3.35. The molecule has 1 aliphatic carbocycles. The van der Waals surface area contributed by atoms with Crippen molar-refractivity contribution in [1.29, 1.82) is 0 Å². The van der Waals surface area contributed by atoms with Crippen molar-refractivity contribution in [3.8, 4) is 0 Å². The Morgan fingerprint density at radius 1 is 1.28 bits per heavy atom. The summed E-state index contributed by atoms with van der Waals surface area (Å²) >= 11 is 0. The van der Waals surface area contributed by atoms with Crippen LogP contribution in [0.15, 0.2) is 23.5 Å². The fourth-order valence-corrected chi connectivity index (χ4v) is 2.81. The van der Waals surface area contributed by atoms with Crippen LogP contribution >= 0.6 is 0 Å². The monoisotopic (exact) mass is 240 g/mol. The van der Waals surface area contributed by atoms with Gasteiger partial charge >= 0.3 is 0 Å². The van der Waals surface area contributed by atoms with Gasteiger partial charge in [0.15, 0.2) is 0 Å². The van der Waals surface area contributed by atoms with E-state index in [-0.39, 0.29) is 0 Å². The molecule has 1 aliphatic rings. The smallest absolute Gasteiger partial charge is 0.105 e. The molecule has 0 fully saturated rings. The van der Waals surface area contributed by atoms with Crippen LogP contribution in [0.5, 0.6) is 0 Å². The van der Waals surface area contributed by atoms with Crippen molar-refractivity contribution < 1.29 is 5.21 Å². The molecule has 0 saturated heterocycles. The third kappa shape index (κ3) is 1.16. The van der Waals surface area contributed by atoms with Gasteiger partial charge in [0, 0.05) is 17.0 Å². The van der Waals surface area contributed by atoms with Crippen LogP contribution in [0.1, 0.15) is 24.1 Å². The van der Waals surface area contributed by atoms with Gasteiger partial charge in [-0.25, -0.2) is 4.98 Å². The van der Waals surface area contributed by atoms with Gasteiger partial charge in [-0.1, -0.05) is 5.16 Å². The molecule has 3 N–H and O–H groups in total. The van der Waals surface area contributed by atoms with Crippen molar-refractivity contribution in [3.63, 3.8) is 0 Å². The minimum Gasteiger partial charge on any atom is -0.411 e. The van der Waals surface area contributed by atoms with E-state index in [4.69, 9.17) is 5.21 Å². The molecule has 3 aromatic rings. The van der Waals surface area contributed by atoms with Crippen LogP contribution in [-0.4, -0.2) is 26.1 Å². The first-order valence-corrected chi connectivity index (χ1v) is 6.06. The van der Waals surface area contributed by atoms with Gasteiger partial charge in [-0.2, -0.15) is 0 Å². The van der Waals surface area contributed by atoms with Gasteiger partial charge in [-0.15, -0.1) is 0 Å². The van der Waals surface area contributed by atoms with Gasteiger partial charge < -0.3 is 15.4 Å². The molecule has 4 rings (SSSR count). The molecule has 0 unspecified atom stereocenters. The fraction of sp³-hybridized carbons (Fsp3) is 0.231. The highest BCUT2D eigenvalue weighted by Gasteiger charge is 2.22. The summed E-state index contributed by atoms with van der Waals surface area (Å²) in [5.74, 6) is 0. The van der Waals surface area contributed by atoms with E-state index in [0.29, 0.717) is 5.71 Å². The topological polar surface area (TPSA) is 77.1 Å². The van der Waals surface area contributed by atoms with E-state index in [1.54, 1.807) is 0 Å². The Balaban J connectivity index is 2.10. The summed E-state index contributed by atoms with van der Waals surface area (Å²) in [6, 6.07) is 4.18. The van der Waals surface area contributed by atoms with Gasteiger partial charge in [-0.05, 0) is 37.0 Å². The number of hydrogen-bond donors (Lipinski definition) is 3. The van der Waals surface area contributed by atoms with Crippen LogP contribution in [0.3, 0.4) is 0 Å². The average Bonchev–Trinajstić information content (AvgIpc) is 2.98. The highest BCUT2D eigenvalue weighted by atomic mass is 16.4. The zero-order valence-electron chi connectivity index (χ0n) is 9.70. The van der Waals surface area contributed by atoms with Crippen molar-refractivity contribution >= 4 is 27.5 Å². The van der Waals surface area contributed by atoms with E-state index >= 15 is 0 Å². The summed E-state index contributed by atoms with van der Waals surface area (Å²) in [6.07, 6.45) is 4.74. The van der Waals surface area contributed by atoms with Crippen molar-refractivity contribution in [1.82, 2.24) is 15.2 Å². The van der Waals surface area contributed by atoms with Gasteiger partial charge in [0.05, 0.1) is 16.7 Å². The Bertz CT molecular complexity index is 781. The largest absolute Gasteiger partial charge is 0.411 e. The fourth-order valence-electron chi connectivity index (χ4n) is 2.81. The van der Waals surface area contributed by atoms with Gasteiger partial charge in [0.2, 0.25) is 0 Å². The van der Waals surface area contributed by atoms with E-state index in [0.717, 1.165) is 46.8 Å². The van der Waals surface area contributed by atoms with Gasteiger partial charge in [-0.3, -0.25) is 0 Å². The highest BCUT2D eigenvalue weighted by molar-refractivity contribution is 6.08. The molecule has 5 heteroatoms. The zero-order valence-corrected chi connectivity index (χ0v) is 9.70. The Morgan fingerprint density at radius 2 is 2.22 bits per heavy atom. The number of nitrogens with one attached hydrogen (secondary N) is 2. The van der Waals surface area contributed by atoms with Crippen LogP contribution in [0.2, 0.25) is 0 Å². The molecule has 2 heterocycles. The van der Waals surface area contributed by atoms with E-state index in [2.05, 4.69) is 32.5 Å². The van der Waals surface area contributed by atoms with E-state index in [9.17, 15) is 0 Å². The maximum Gasteiger partial charge on any atom is 0.105 e. The van der Waals surface area contributed by atoms with Crippen molar-refractivity contribution in [2.45, 2.75) is 19.3 Å². The predicted octanol–water partition coefficient (Wildman–Crippen LogP) is 2.56. The molecule has 18 heavy (non-hydrogen) atoms. The van der Waals surface area contributed by atoms with Crippen molar-refractivity contribution in [2.75, 3.05) is 0 Å². The van der Waals surface area contributed by atoms with Crippen LogP contribution in [0.4, 0.5) is 0 Å². The van der Waals surface area contributed by atoms with Gasteiger partial charge in [0.25, 0.3) is 0 Å². The maximum atomic E-state index is 9.05. The molecule has 0 amide bonds. The number of rotatable bonds is 0. The molecule has 0 aliphatic heterocycles. The molecular weight excluding hydrogens is 228 g/mol. The highest BCUT2D eigenvalue weighted by Crippen LogP contribution is 2.31.